The van der Waals surface area contributed by atoms with E-state index in [0.717, 1.165) is 22.7 Å². The van der Waals surface area contributed by atoms with E-state index in [0.29, 0.717) is 22.5 Å². The summed E-state index contributed by atoms with van der Waals surface area (Å²) >= 11 is 10.5. The van der Waals surface area contributed by atoms with Crippen molar-refractivity contribution in [1.82, 2.24) is 16.2 Å². The molecule has 0 spiro atoms. The van der Waals surface area contributed by atoms with Crippen LogP contribution in [0.1, 0.15) is 5.56 Å². The van der Waals surface area contributed by atoms with Gasteiger partial charge in [-0.2, -0.15) is 0 Å². The first kappa shape index (κ1) is 18.0. The Morgan fingerprint density at radius 2 is 1.81 bits per heavy atom. The Labute approximate surface area is 162 Å². The second-order valence-corrected chi connectivity index (χ2v) is 6.09. The SMILES string of the molecule is COc1ccccc1NC(=S)NNC(=S)NCc1ccc2c(c1)OCO2. The molecule has 7 nitrogen and oxygen atoms in total. The number of ether oxygens (including phenoxy) is 3. The van der Waals surface area contributed by atoms with Crippen LogP contribution in [0.4, 0.5) is 5.69 Å². The minimum atomic E-state index is 0.257. The van der Waals surface area contributed by atoms with E-state index in [2.05, 4.69) is 21.5 Å². The Morgan fingerprint density at radius 1 is 1.04 bits per heavy atom. The molecule has 2 aromatic rings. The summed E-state index contributed by atoms with van der Waals surface area (Å²) < 4.78 is 15.9. The van der Waals surface area contributed by atoms with Crippen LogP contribution in [0.2, 0.25) is 0 Å². The Kier molecular flexibility index (Phi) is 5.92. The molecule has 0 saturated carbocycles. The monoisotopic (exact) mass is 390 g/mol. The second-order valence-electron chi connectivity index (χ2n) is 5.27. The molecule has 0 bridgehead atoms. The Balaban J connectivity index is 1.43. The highest BCUT2D eigenvalue weighted by Gasteiger charge is 2.13. The summed E-state index contributed by atoms with van der Waals surface area (Å²) in [6.07, 6.45) is 0. The van der Waals surface area contributed by atoms with E-state index in [4.69, 9.17) is 38.6 Å². The fourth-order valence-electron chi connectivity index (χ4n) is 2.29. The molecule has 0 unspecified atom stereocenters. The smallest absolute Gasteiger partial charge is 0.231 e. The van der Waals surface area contributed by atoms with Crippen LogP contribution in [0.25, 0.3) is 0 Å². The number of methoxy groups -OCH3 is 1. The van der Waals surface area contributed by atoms with Gasteiger partial charge >= 0.3 is 0 Å². The van der Waals surface area contributed by atoms with Crippen LogP contribution in [0.5, 0.6) is 17.2 Å². The van der Waals surface area contributed by atoms with Gasteiger partial charge in [0.1, 0.15) is 5.75 Å². The molecule has 0 radical (unpaired) electrons. The van der Waals surface area contributed by atoms with Crippen LogP contribution in [0.3, 0.4) is 0 Å². The highest BCUT2D eigenvalue weighted by molar-refractivity contribution is 7.80. The molecule has 26 heavy (non-hydrogen) atoms. The van der Waals surface area contributed by atoms with E-state index in [1.54, 1.807) is 7.11 Å². The average molecular weight is 390 g/mol. The van der Waals surface area contributed by atoms with Crippen molar-refractivity contribution in [2.45, 2.75) is 6.54 Å². The van der Waals surface area contributed by atoms with Crippen LogP contribution in [-0.2, 0) is 6.54 Å². The fourth-order valence-corrected chi connectivity index (χ4v) is 2.58. The van der Waals surface area contributed by atoms with Crippen LogP contribution < -0.4 is 35.7 Å². The quantitative estimate of drug-likeness (QED) is 0.465. The number of hydrogen-bond donors (Lipinski definition) is 4. The number of anilines is 1. The van der Waals surface area contributed by atoms with Gasteiger partial charge in [0.05, 0.1) is 12.8 Å². The lowest BCUT2D eigenvalue weighted by molar-refractivity contribution is 0.174. The predicted octanol–water partition coefficient (Wildman–Crippen LogP) is 2.29. The van der Waals surface area contributed by atoms with E-state index in [-0.39, 0.29) is 6.79 Å². The summed E-state index contributed by atoms with van der Waals surface area (Å²) in [7, 11) is 1.60. The molecule has 0 aliphatic carbocycles. The van der Waals surface area contributed by atoms with Crippen LogP contribution >= 0.6 is 24.4 Å². The van der Waals surface area contributed by atoms with Gasteiger partial charge in [-0.1, -0.05) is 18.2 Å². The maximum absolute atomic E-state index is 5.35. The molecule has 2 aromatic carbocycles. The van der Waals surface area contributed by atoms with Gasteiger partial charge in [0.2, 0.25) is 6.79 Å². The summed E-state index contributed by atoms with van der Waals surface area (Å²) in [5, 5.41) is 6.89. The molecule has 0 aromatic heterocycles. The number of hydrazine groups is 1. The summed E-state index contributed by atoms with van der Waals surface area (Å²) in [6.45, 7) is 0.795. The van der Waals surface area contributed by atoms with E-state index >= 15 is 0 Å². The van der Waals surface area contributed by atoms with Gasteiger partial charge in [0, 0.05) is 6.54 Å². The normalized spacial score (nSPS) is 11.4. The molecule has 3 rings (SSSR count). The number of para-hydroxylation sites is 2. The zero-order chi connectivity index (χ0) is 18.4. The molecule has 0 fully saturated rings. The van der Waals surface area contributed by atoms with Crippen LogP contribution in [0, 0.1) is 0 Å². The molecule has 0 saturated heterocycles. The molecule has 1 aliphatic heterocycles. The number of hydrogen-bond acceptors (Lipinski definition) is 5. The van der Waals surface area contributed by atoms with Crippen molar-refractivity contribution in [2.75, 3.05) is 19.2 Å². The minimum Gasteiger partial charge on any atom is -0.495 e. The van der Waals surface area contributed by atoms with Gasteiger partial charge in [0.25, 0.3) is 0 Å². The van der Waals surface area contributed by atoms with Crippen molar-refractivity contribution >= 4 is 40.3 Å². The van der Waals surface area contributed by atoms with E-state index in [1.807, 2.05) is 42.5 Å². The minimum absolute atomic E-state index is 0.257. The van der Waals surface area contributed by atoms with Gasteiger partial charge in [-0.25, -0.2) is 0 Å². The summed E-state index contributed by atoms with van der Waals surface area (Å²) in [5.74, 6) is 2.19. The third-order valence-corrected chi connectivity index (χ3v) is 3.99. The zero-order valence-electron chi connectivity index (χ0n) is 14.0. The van der Waals surface area contributed by atoms with E-state index in [9.17, 15) is 0 Å². The number of benzene rings is 2. The zero-order valence-corrected chi connectivity index (χ0v) is 15.6. The number of fused-ring (bicyclic) bond motifs is 1. The van der Waals surface area contributed by atoms with Gasteiger partial charge in [-0.3, -0.25) is 10.9 Å². The summed E-state index contributed by atoms with van der Waals surface area (Å²) in [5.41, 5.74) is 7.44. The topological polar surface area (TPSA) is 75.8 Å². The predicted molar refractivity (Wildman–Crippen MR) is 107 cm³/mol. The molecule has 1 heterocycles. The highest BCUT2D eigenvalue weighted by atomic mass is 32.1. The molecule has 9 heteroatoms. The molecular weight excluding hydrogens is 372 g/mol. The van der Waals surface area contributed by atoms with Gasteiger partial charge in [-0.15, -0.1) is 0 Å². The lowest BCUT2D eigenvalue weighted by Crippen LogP contribution is -2.48. The molecule has 0 amide bonds. The first-order chi connectivity index (χ1) is 12.7. The largest absolute Gasteiger partial charge is 0.495 e. The van der Waals surface area contributed by atoms with Crippen molar-refractivity contribution in [3.63, 3.8) is 0 Å². The number of thiocarbonyl (C=S) groups is 2. The molecule has 136 valence electrons. The molecular formula is C17H18N4O3S2. The first-order valence-corrected chi connectivity index (χ1v) is 8.60. The van der Waals surface area contributed by atoms with Crippen LogP contribution in [-0.4, -0.2) is 24.1 Å². The van der Waals surface area contributed by atoms with Gasteiger partial charge in [0.15, 0.2) is 21.7 Å². The van der Waals surface area contributed by atoms with E-state index in [1.165, 1.54) is 0 Å². The molecule has 0 atom stereocenters. The standard InChI is InChI=1S/C17H18N4O3S2/c1-22-13-5-3-2-4-12(13)19-17(26)21-20-16(25)18-9-11-6-7-14-15(8-11)24-10-23-14/h2-8H,9-10H2,1H3,(H2,18,20,25)(H2,19,21,26). The van der Waals surface area contributed by atoms with E-state index < -0.39 is 0 Å². The van der Waals surface area contributed by atoms with Crippen molar-refractivity contribution in [2.24, 2.45) is 0 Å². The van der Waals surface area contributed by atoms with Gasteiger partial charge in [-0.05, 0) is 54.3 Å². The fraction of sp³-hybridized carbons (Fsp3) is 0.176. The Morgan fingerprint density at radius 3 is 2.65 bits per heavy atom. The van der Waals surface area contributed by atoms with Crippen molar-refractivity contribution in [3.8, 4) is 17.2 Å². The Bertz CT molecular complexity index is 816. The molecule has 1 aliphatic rings. The van der Waals surface area contributed by atoms with Crippen molar-refractivity contribution < 1.29 is 14.2 Å². The highest BCUT2D eigenvalue weighted by Crippen LogP contribution is 2.32. The van der Waals surface area contributed by atoms with Gasteiger partial charge < -0.3 is 24.8 Å². The third kappa shape index (κ3) is 4.64. The maximum atomic E-state index is 5.35. The number of nitrogens with one attached hydrogen (secondary N) is 4. The molecule has 4 N–H and O–H groups in total. The van der Waals surface area contributed by atoms with Crippen LogP contribution in [0.15, 0.2) is 42.5 Å². The lowest BCUT2D eigenvalue weighted by atomic mass is 10.2. The van der Waals surface area contributed by atoms with Crippen molar-refractivity contribution in [3.05, 3.63) is 48.0 Å². The summed E-state index contributed by atoms with van der Waals surface area (Å²) in [4.78, 5) is 0. The summed E-state index contributed by atoms with van der Waals surface area (Å²) in [6, 6.07) is 13.2. The number of rotatable bonds is 4. The second kappa shape index (κ2) is 8.54. The average Bonchev–Trinajstić information content (AvgIpc) is 3.13. The lowest BCUT2D eigenvalue weighted by Gasteiger charge is -2.15. The van der Waals surface area contributed by atoms with Crippen molar-refractivity contribution in [1.29, 1.82) is 0 Å². The third-order valence-electron chi connectivity index (χ3n) is 3.53. The first-order valence-electron chi connectivity index (χ1n) is 7.78. The maximum Gasteiger partial charge on any atom is 0.231 e. The Hall–Kier alpha value is -2.78.